The summed E-state index contributed by atoms with van der Waals surface area (Å²) < 4.78 is 22.2. The van der Waals surface area contributed by atoms with Crippen LogP contribution in [0.5, 0.6) is 0 Å². The highest BCUT2D eigenvalue weighted by Gasteiger charge is 2.29. The minimum atomic E-state index is -2.87. The predicted molar refractivity (Wildman–Crippen MR) is 66.6 cm³/mol. The van der Waals surface area contributed by atoms with Crippen molar-refractivity contribution >= 4 is 9.84 Å². The van der Waals surface area contributed by atoms with E-state index in [-0.39, 0.29) is 11.8 Å². The second-order valence-electron chi connectivity index (χ2n) is 5.04. The van der Waals surface area contributed by atoms with Crippen LogP contribution < -0.4 is 11.3 Å². The molecule has 1 aliphatic carbocycles. The first-order chi connectivity index (χ1) is 7.46. The SMILES string of the molecule is CCC1CCC(C(CCS(C)(=O)=O)NN)C1. The van der Waals surface area contributed by atoms with Crippen LogP contribution in [-0.4, -0.2) is 26.5 Å². The van der Waals surface area contributed by atoms with E-state index >= 15 is 0 Å². The van der Waals surface area contributed by atoms with Crippen LogP contribution in [0.1, 0.15) is 39.0 Å². The lowest BCUT2D eigenvalue weighted by atomic mass is 9.94. The number of hydrogen-bond acceptors (Lipinski definition) is 4. The van der Waals surface area contributed by atoms with E-state index in [0.717, 1.165) is 5.92 Å². The van der Waals surface area contributed by atoms with Gasteiger partial charge in [0.05, 0.1) is 5.75 Å². The quantitative estimate of drug-likeness (QED) is 0.545. The van der Waals surface area contributed by atoms with Gasteiger partial charge in [-0.25, -0.2) is 8.42 Å². The molecule has 4 nitrogen and oxygen atoms in total. The summed E-state index contributed by atoms with van der Waals surface area (Å²) >= 11 is 0. The maximum atomic E-state index is 11.1. The first-order valence-corrected chi connectivity index (χ1v) is 8.16. The van der Waals surface area contributed by atoms with Gasteiger partial charge >= 0.3 is 0 Å². The van der Waals surface area contributed by atoms with Crippen LogP contribution in [0.3, 0.4) is 0 Å². The molecular weight excluding hydrogens is 224 g/mol. The smallest absolute Gasteiger partial charge is 0.147 e. The third kappa shape index (κ3) is 4.39. The lowest BCUT2D eigenvalue weighted by molar-refractivity contribution is 0.342. The van der Waals surface area contributed by atoms with Crippen molar-refractivity contribution in [3.63, 3.8) is 0 Å². The average molecular weight is 248 g/mol. The van der Waals surface area contributed by atoms with Crippen molar-refractivity contribution in [1.82, 2.24) is 5.43 Å². The third-order valence-corrected chi connectivity index (χ3v) is 4.72. The third-order valence-electron chi connectivity index (χ3n) is 3.74. The summed E-state index contributed by atoms with van der Waals surface area (Å²) in [6.45, 7) is 2.22. The van der Waals surface area contributed by atoms with Gasteiger partial charge in [0.15, 0.2) is 0 Å². The van der Waals surface area contributed by atoms with Crippen LogP contribution in [0.2, 0.25) is 0 Å². The number of nitrogens with two attached hydrogens (primary N) is 1. The minimum absolute atomic E-state index is 0.159. The first-order valence-electron chi connectivity index (χ1n) is 6.10. The fourth-order valence-electron chi connectivity index (χ4n) is 2.65. The largest absolute Gasteiger partial charge is 0.271 e. The summed E-state index contributed by atoms with van der Waals surface area (Å²) in [5.74, 6) is 7.11. The Morgan fingerprint density at radius 3 is 2.56 bits per heavy atom. The number of hydrogen-bond donors (Lipinski definition) is 2. The zero-order valence-electron chi connectivity index (χ0n) is 10.3. The summed E-state index contributed by atoms with van der Waals surface area (Å²) in [7, 11) is -2.87. The molecule has 3 N–H and O–H groups in total. The van der Waals surface area contributed by atoms with Gasteiger partial charge in [0.1, 0.15) is 9.84 Å². The van der Waals surface area contributed by atoms with E-state index < -0.39 is 9.84 Å². The van der Waals surface area contributed by atoms with E-state index in [1.807, 2.05) is 0 Å². The normalized spacial score (nSPS) is 28.2. The summed E-state index contributed by atoms with van der Waals surface area (Å²) in [6.07, 6.45) is 6.77. The van der Waals surface area contributed by atoms with Gasteiger partial charge < -0.3 is 0 Å². The maximum absolute atomic E-state index is 11.1. The van der Waals surface area contributed by atoms with Crippen molar-refractivity contribution < 1.29 is 8.42 Å². The second kappa shape index (κ2) is 5.98. The molecule has 1 saturated carbocycles. The van der Waals surface area contributed by atoms with Crippen molar-refractivity contribution in [2.75, 3.05) is 12.0 Å². The lowest BCUT2D eigenvalue weighted by Gasteiger charge is -2.22. The monoisotopic (exact) mass is 248 g/mol. The predicted octanol–water partition coefficient (Wildman–Crippen LogP) is 1.08. The molecule has 0 aromatic rings. The van der Waals surface area contributed by atoms with Gasteiger partial charge in [0.25, 0.3) is 0 Å². The lowest BCUT2D eigenvalue weighted by Crippen LogP contribution is -2.41. The molecule has 0 aromatic heterocycles. The topological polar surface area (TPSA) is 72.2 Å². The van der Waals surface area contributed by atoms with Crippen molar-refractivity contribution in [2.24, 2.45) is 17.7 Å². The molecule has 16 heavy (non-hydrogen) atoms. The van der Waals surface area contributed by atoms with Gasteiger partial charge in [-0.1, -0.05) is 19.8 Å². The molecule has 1 rings (SSSR count). The molecule has 0 spiro atoms. The van der Waals surface area contributed by atoms with Crippen molar-refractivity contribution in [3.05, 3.63) is 0 Å². The van der Waals surface area contributed by atoms with Crippen LogP contribution in [0, 0.1) is 11.8 Å². The highest BCUT2D eigenvalue weighted by molar-refractivity contribution is 7.90. The van der Waals surface area contributed by atoms with Gasteiger partial charge in [0, 0.05) is 12.3 Å². The van der Waals surface area contributed by atoms with E-state index in [2.05, 4.69) is 12.3 Å². The Hall–Kier alpha value is -0.130. The molecule has 0 aliphatic heterocycles. The Balaban J connectivity index is 2.43. The Kier molecular flexibility index (Phi) is 5.21. The van der Waals surface area contributed by atoms with E-state index in [1.54, 1.807) is 0 Å². The zero-order chi connectivity index (χ0) is 12.2. The molecule has 1 aliphatic rings. The molecule has 5 heteroatoms. The molecule has 96 valence electrons. The molecule has 0 amide bonds. The molecule has 0 bridgehead atoms. The summed E-state index contributed by atoms with van der Waals surface area (Å²) in [6, 6.07) is 0.159. The fraction of sp³-hybridized carbons (Fsp3) is 1.00. The number of nitrogens with one attached hydrogen (secondary N) is 1. The number of sulfone groups is 1. The summed E-state index contributed by atoms with van der Waals surface area (Å²) in [4.78, 5) is 0. The van der Waals surface area contributed by atoms with E-state index in [1.165, 1.54) is 31.9 Å². The average Bonchev–Trinajstić information content (AvgIpc) is 2.65. The highest BCUT2D eigenvalue weighted by Crippen LogP contribution is 2.35. The highest BCUT2D eigenvalue weighted by atomic mass is 32.2. The van der Waals surface area contributed by atoms with Crippen LogP contribution in [0.15, 0.2) is 0 Å². The van der Waals surface area contributed by atoms with Crippen molar-refractivity contribution in [1.29, 1.82) is 0 Å². The van der Waals surface area contributed by atoms with Gasteiger partial charge in [-0.05, 0) is 31.1 Å². The zero-order valence-corrected chi connectivity index (χ0v) is 11.1. The van der Waals surface area contributed by atoms with Gasteiger partial charge in [0.2, 0.25) is 0 Å². The van der Waals surface area contributed by atoms with Crippen LogP contribution in [-0.2, 0) is 9.84 Å². The molecule has 3 atom stereocenters. The first kappa shape index (κ1) is 13.9. The number of hydrazine groups is 1. The Morgan fingerprint density at radius 2 is 2.12 bits per heavy atom. The summed E-state index contributed by atoms with van der Waals surface area (Å²) in [5, 5.41) is 0. The van der Waals surface area contributed by atoms with Crippen LogP contribution in [0.25, 0.3) is 0 Å². The minimum Gasteiger partial charge on any atom is -0.271 e. The van der Waals surface area contributed by atoms with E-state index in [4.69, 9.17) is 5.84 Å². The summed E-state index contributed by atoms with van der Waals surface area (Å²) in [5.41, 5.74) is 2.80. The number of rotatable bonds is 6. The standard InChI is InChI=1S/C11H24N2O2S/c1-3-9-4-5-10(8-9)11(13-12)6-7-16(2,14)15/h9-11,13H,3-8,12H2,1-2H3. The molecule has 3 unspecified atom stereocenters. The Labute approximate surface area is 98.9 Å². The molecule has 0 saturated heterocycles. The van der Waals surface area contributed by atoms with Gasteiger partial charge in [-0.15, -0.1) is 0 Å². The molecular formula is C11H24N2O2S. The van der Waals surface area contributed by atoms with Crippen molar-refractivity contribution in [2.45, 2.75) is 45.1 Å². The Bertz CT molecular complexity index is 303. The van der Waals surface area contributed by atoms with Crippen LogP contribution in [0.4, 0.5) is 0 Å². The molecule has 0 radical (unpaired) electrons. The molecule has 0 aromatic carbocycles. The Morgan fingerprint density at radius 1 is 1.44 bits per heavy atom. The van der Waals surface area contributed by atoms with Crippen LogP contribution >= 0.6 is 0 Å². The van der Waals surface area contributed by atoms with Gasteiger partial charge in [-0.2, -0.15) is 0 Å². The van der Waals surface area contributed by atoms with Crippen molar-refractivity contribution in [3.8, 4) is 0 Å². The van der Waals surface area contributed by atoms with E-state index in [9.17, 15) is 8.42 Å². The maximum Gasteiger partial charge on any atom is 0.147 e. The molecule has 1 fully saturated rings. The molecule has 0 heterocycles. The van der Waals surface area contributed by atoms with Gasteiger partial charge in [-0.3, -0.25) is 11.3 Å². The second-order valence-corrected chi connectivity index (χ2v) is 7.30. The fourth-order valence-corrected chi connectivity index (χ4v) is 3.33. The van der Waals surface area contributed by atoms with E-state index in [0.29, 0.717) is 12.3 Å².